The Labute approximate surface area is 152 Å². The van der Waals surface area contributed by atoms with Crippen LogP contribution in [0.25, 0.3) is 0 Å². The molecule has 2 aromatic carbocycles. The van der Waals surface area contributed by atoms with E-state index in [0.29, 0.717) is 44.4 Å². The Morgan fingerprint density at radius 2 is 1.48 bits per heavy atom. The van der Waals surface area contributed by atoms with Crippen molar-refractivity contribution in [3.8, 4) is 0 Å². The van der Waals surface area contributed by atoms with E-state index in [1.54, 1.807) is 0 Å². The third-order valence-corrected chi connectivity index (χ3v) is 4.99. The van der Waals surface area contributed by atoms with Gasteiger partial charge in [-0.1, -0.05) is 35.9 Å². The van der Waals surface area contributed by atoms with Crippen LogP contribution < -0.4 is 9.80 Å². The minimum Gasteiger partial charge on any atom is -0.378 e. The number of carbonyl (C=O) groups excluding carboxylic acids is 1. The number of amides is 2. The summed E-state index contributed by atoms with van der Waals surface area (Å²) in [6.07, 6.45) is 0. The van der Waals surface area contributed by atoms with Gasteiger partial charge < -0.3 is 14.5 Å². The maximum Gasteiger partial charge on any atom is 0.324 e. The second-order valence-electron chi connectivity index (χ2n) is 6.13. The summed E-state index contributed by atoms with van der Waals surface area (Å²) in [4.78, 5) is 18.9. The van der Waals surface area contributed by atoms with Crippen LogP contribution in [0.2, 0.25) is 5.02 Å². The number of carbonyl (C=O) groups is 1. The fourth-order valence-electron chi connectivity index (χ4n) is 3.41. The van der Waals surface area contributed by atoms with Gasteiger partial charge in [0.25, 0.3) is 0 Å². The number of para-hydroxylation sites is 3. The predicted octanol–water partition coefficient (Wildman–Crippen LogP) is 3.75. The second kappa shape index (κ2) is 6.94. The molecule has 0 spiro atoms. The monoisotopic (exact) mass is 357 g/mol. The number of urea groups is 1. The molecule has 0 unspecified atom stereocenters. The third kappa shape index (κ3) is 3.05. The second-order valence-corrected chi connectivity index (χ2v) is 6.53. The average molecular weight is 358 g/mol. The molecule has 0 aromatic heterocycles. The van der Waals surface area contributed by atoms with Crippen LogP contribution in [0.15, 0.2) is 48.5 Å². The summed E-state index contributed by atoms with van der Waals surface area (Å²) < 4.78 is 5.36. The quantitative estimate of drug-likeness (QED) is 0.779. The first-order chi connectivity index (χ1) is 12.3. The van der Waals surface area contributed by atoms with E-state index in [1.807, 2.05) is 58.3 Å². The molecule has 2 heterocycles. The lowest BCUT2D eigenvalue weighted by atomic mass is 10.1. The fraction of sp³-hybridized carbons (Fsp3) is 0.316. The van der Waals surface area contributed by atoms with Crippen molar-refractivity contribution in [2.24, 2.45) is 0 Å². The van der Waals surface area contributed by atoms with Gasteiger partial charge in [-0.2, -0.15) is 0 Å². The third-order valence-electron chi connectivity index (χ3n) is 4.67. The van der Waals surface area contributed by atoms with Crippen molar-refractivity contribution in [1.82, 2.24) is 4.90 Å². The zero-order chi connectivity index (χ0) is 17.2. The van der Waals surface area contributed by atoms with Crippen molar-refractivity contribution in [2.75, 3.05) is 49.2 Å². The normalized spacial score (nSPS) is 17.4. The van der Waals surface area contributed by atoms with Gasteiger partial charge in [0, 0.05) is 26.2 Å². The van der Waals surface area contributed by atoms with Crippen LogP contribution in [0.4, 0.5) is 21.9 Å². The van der Waals surface area contributed by atoms with Crippen LogP contribution in [0.3, 0.4) is 0 Å². The predicted molar refractivity (Wildman–Crippen MR) is 100 cm³/mol. The highest BCUT2D eigenvalue weighted by molar-refractivity contribution is 6.33. The molecular formula is C19H20ClN3O2. The van der Waals surface area contributed by atoms with Gasteiger partial charge in [-0.25, -0.2) is 4.79 Å². The standard InChI is InChI=1S/C19H20ClN3O2/c20-15-5-1-2-6-16(15)22-9-10-23(18-8-4-3-7-17(18)22)19(24)21-11-13-25-14-12-21/h1-8H,9-14H2. The summed E-state index contributed by atoms with van der Waals surface area (Å²) >= 11 is 6.40. The molecule has 0 atom stereocenters. The molecule has 2 aliphatic rings. The first-order valence-electron chi connectivity index (χ1n) is 8.51. The zero-order valence-corrected chi connectivity index (χ0v) is 14.7. The first-order valence-corrected chi connectivity index (χ1v) is 8.89. The molecule has 1 fully saturated rings. The maximum absolute atomic E-state index is 13.0. The van der Waals surface area contributed by atoms with E-state index < -0.39 is 0 Å². The first kappa shape index (κ1) is 16.2. The van der Waals surface area contributed by atoms with Crippen LogP contribution in [0.1, 0.15) is 0 Å². The van der Waals surface area contributed by atoms with Gasteiger partial charge in [0.2, 0.25) is 0 Å². The Kier molecular flexibility index (Phi) is 4.51. The number of ether oxygens (including phenoxy) is 1. The molecule has 0 saturated carbocycles. The molecule has 25 heavy (non-hydrogen) atoms. The smallest absolute Gasteiger partial charge is 0.324 e. The lowest BCUT2D eigenvalue weighted by Crippen LogP contribution is -2.51. The van der Waals surface area contributed by atoms with Crippen molar-refractivity contribution < 1.29 is 9.53 Å². The molecule has 2 aliphatic heterocycles. The lowest BCUT2D eigenvalue weighted by Gasteiger charge is -2.40. The van der Waals surface area contributed by atoms with E-state index in [2.05, 4.69) is 4.90 Å². The van der Waals surface area contributed by atoms with Gasteiger partial charge in [0.05, 0.1) is 35.3 Å². The molecule has 2 aromatic rings. The van der Waals surface area contributed by atoms with Crippen LogP contribution in [0.5, 0.6) is 0 Å². The van der Waals surface area contributed by atoms with Crippen molar-refractivity contribution >= 4 is 34.7 Å². The highest BCUT2D eigenvalue weighted by Gasteiger charge is 2.31. The Balaban J connectivity index is 1.67. The summed E-state index contributed by atoms with van der Waals surface area (Å²) in [6.45, 7) is 3.83. The maximum atomic E-state index is 13.0. The number of hydrogen-bond donors (Lipinski definition) is 0. The molecule has 0 N–H and O–H groups in total. The molecular weight excluding hydrogens is 338 g/mol. The van der Waals surface area contributed by atoms with Crippen molar-refractivity contribution in [1.29, 1.82) is 0 Å². The van der Waals surface area contributed by atoms with Crippen LogP contribution in [-0.4, -0.2) is 50.3 Å². The number of benzene rings is 2. The van der Waals surface area contributed by atoms with Crippen molar-refractivity contribution in [2.45, 2.75) is 0 Å². The molecule has 130 valence electrons. The number of morpholine rings is 1. The summed E-state index contributed by atoms with van der Waals surface area (Å²) in [5, 5.41) is 0.713. The van der Waals surface area contributed by atoms with E-state index in [4.69, 9.17) is 16.3 Å². The number of halogens is 1. The van der Waals surface area contributed by atoms with Crippen molar-refractivity contribution in [3.05, 3.63) is 53.6 Å². The summed E-state index contributed by atoms with van der Waals surface area (Å²) in [6, 6.07) is 15.9. The Morgan fingerprint density at radius 3 is 2.20 bits per heavy atom. The number of fused-ring (bicyclic) bond motifs is 1. The van der Waals surface area contributed by atoms with Crippen LogP contribution >= 0.6 is 11.6 Å². The van der Waals surface area contributed by atoms with E-state index >= 15 is 0 Å². The molecule has 0 bridgehead atoms. The number of rotatable bonds is 1. The highest BCUT2D eigenvalue weighted by Crippen LogP contribution is 2.40. The van der Waals surface area contributed by atoms with Gasteiger partial charge in [-0.15, -0.1) is 0 Å². The Morgan fingerprint density at radius 1 is 0.840 bits per heavy atom. The topological polar surface area (TPSA) is 36.0 Å². The van der Waals surface area contributed by atoms with Gasteiger partial charge in [-0.05, 0) is 24.3 Å². The minimum atomic E-state index is 0.0505. The molecule has 0 radical (unpaired) electrons. The Hall–Kier alpha value is -2.24. The summed E-state index contributed by atoms with van der Waals surface area (Å²) in [7, 11) is 0. The van der Waals surface area contributed by atoms with Gasteiger partial charge in [0.15, 0.2) is 0 Å². The molecule has 1 saturated heterocycles. The number of anilines is 3. The van der Waals surface area contributed by atoms with Gasteiger partial charge in [-0.3, -0.25) is 4.90 Å². The average Bonchev–Trinajstić information content (AvgIpc) is 2.68. The highest BCUT2D eigenvalue weighted by atomic mass is 35.5. The molecule has 5 nitrogen and oxygen atoms in total. The largest absolute Gasteiger partial charge is 0.378 e. The summed E-state index contributed by atoms with van der Waals surface area (Å²) in [5.74, 6) is 0. The molecule has 0 aliphatic carbocycles. The Bertz CT molecular complexity index is 777. The van der Waals surface area contributed by atoms with Gasteiger partial charge >= 0.3 is 6.03 Å². The lowest BCUT2D eigenvalue weighted by molar-refractivity contribution is 0.0548. The van der Waals surface area contributed by atoms with Crippen LogP contribution in [-0.2, 0) is 4.74 Å². The van der Waals surface area contributed by atoms with E-state index in [-0.39, 0.29) is 6.03 Å². The van der Waals surface area contributed by atoms with E-state index in [9.17, 15) is 4.79 Å². The van der Waals surface area contributed by atoms with Crippen molar-refractivity contribution in [3.63, 3.8) is 0 Å². The zero-order valence-electron chi connectivity index (χ0n) is 13.9. The summed E-state index contributed by atoms with van der Waals surface area (Å²) in [5.41, 5.74) is 2.89. The van der Waals surface area contributed by atoms with E-state index in [1.165, 1.54) is 0 Å². The molecule has 4 rings (SSSR count). The molecule has 6 heteroatoms. The van der Waals surface area contributed by atoms with Gasteiger partial charge in [0.1, 0.15) is 0 Å². The fourth-order valence-corrected chi connectivity index (χ4v) is 3.64. The molecule has 2 amide bonds. The minimum absolute atomic E-state index is 0.0505. The SMILES string of the molecule is O=C(N1CCOCC1)N1CCN(c2ccccc2Cl)c2ccccc21. The van der Waals surface area contributed by atoms with E-state index in [0.717, 1.165) is 17.1 Å². The number of nitrogens with zero attached hydrogens (tertiary/aromatic N) is 3. The van der Waals surface area contributed by atoms with Crippen LogP contribution in [0, 0.1) is 0 Å². The number of hydrogen-bond acceptors (Lipinski definition) is 3.